The largest absolute Gasteiger partial charge is 0.389 e. The van der Waals surface area contributed by atoms with Crippen molar-refractivity contribution in [2.75, 3.05) is 18.5 Å². The van der Waals surface area contributed by atoms with Crippen LogP contribution in [0.4, 0.5) is 5.69 Å². The molecule has 0 aliphatic rings. The van der Waals surface area contributed by atoms with Crippen LogP contribution in [0.2, 0.25) is 5.02 Å². The number of anilines is 1. The van der Waals surface area contributed by atoms with Gasteiger partial charge in [-0.15, -0.1) is 0 Å². The predicted octanol–water partition coefficient (Wildman–Crippen LogP) is 2.93. The Balaban J connectivity index is 1.99. The summed E-state index contributed by atoms with van der Waals surface area (Å²) in [6.07, 6.45) is -0.618. The van der Waals surface area contributed by atoms with Crippen LogP contribution in [0, 0.1) is 0 Å². The number of halogens is 1. The minimum absolute atomic E-state index is 0.263. The van der Waals surface area contributed by atoms with E-state index in [4.69, 9.17) is 16.3 Å². The maximum Gasteiger partial charge on any atom is 0.129 e. The van der Waals surface area contributed by atoms with Crippen molar-refractivity contribution in [3.63, 3.8) is 0 Å². The number of nitrogens with zero attached hydrogens (tertiary/aromatic N) is 2. The maximum atomic E-state index is 9.92. The molecule has 1 heterocycles. The number of hydrogen-bond donors (Lipinski definition) is 2. The SMILES string of the molecule is CC(C)(C)OCC(O)CNc1c(Cl)ccc2nsnc12. The van der Waals surface area contributed by atoms with E-state index in [1.54, 1.807) is 6.07 Å². The molecule has 2 aromatic rings. The topological polar surface area (TPSA) is 67.3 Å². The number of hydrogen-bond acceptors (Lipinski definition) is 6. The van der Waals surface area contributed by atoms with Crippen LogP contribution in [-0.4, -0.2) is 38.7 Å². The second kappa shape index (κ2) is 6.22. The Kier molecular flexibility index (Phi) is 4.80. The smallest absolute Gasteiger partial charge is 0.129 e. The third kappa shape index (κ3) is 4.02. The van der Waals surface area contributed by atoms with E-state index >= 15 is 0 Å². The zero-order valence-electron chi connectivity index (χ0n) is 11.7. The Labute approximate surface area is 127 Å². The average Bonchev–Trinajstić information content (AvgIpc) is 2.82. The van der Waals surface area contributed by atoms with Crippen molar-refractivity contribution in [3.8, 4) is 0 Å². The first-order valence-electron chi connectivity index (χ1n) is 6.33. The third-order valence-electron chi connectivity index (χ3n) is 2.60. The quantitative estimate of drug-likeness (QED) is 0.888. The highest BCUT2D eigenvalue weighted by Crippen LogP contribution is 2.29. The van der Waals surface area contributed by atoms with Crippen LogP contribution in [0.25, 0.3) is 11.0 Å². The first-order chi connectivity index (χ1) is 9.37. The van der Waals surface area contributed by atoms with Crippen molar-refractivity contribution >= 4 is 40.0 Å². The van der Waals surface area contributed by atoms with Crippen molar-refractivity contribution in [1.82, 2.24) is 8.75 Å². The van der Waals surface area contributed by atoms with Gasteiger partial charge in [0, 0.05) is 6.54 Å². The van der Waals surface area contributed by atoms with Gasteiger partial charge < -0.3 is 15.2 Å². The van der Waals surface area contributed by atoms with E-state index in [9.17, 15) is 5.11 Å². The molecule has 0 spiro atoms. The zero-order valence-corrected chi connectivity index (χ0v) is 13.3. The van der Waals surface area contributed by atoms with Gasteiger partial charge in [-0.05, 0) is 32.9 Å². The number of rotatable bonds is 5. The van der Waals surface area contributed by atoms with Gasteiger partial charge in [-0.25, -0.2) is 0 Å². The molecule has 0 fully saturated rings. The van der Waals surface area contributed by atoms with Crippen LogP contribution in [0.5, 0.6) is 0 Å². The van der Waals surface area contributed by atoms with Gasteiger partial charge in [-0.1, -0.05) is 11.6 Å². The fraction of sp³-hybridized carbons (Fsp3) is 0.538. The van der Waals surface area contributed by atoms with Crippen molar-refractivity contribution in [3.05, 3.63) is 17.2 Å². The molecule has 0 radical (unpaired) electrons. The minimum atomic E-state index is -0.618. The second-order valence-corrected chi connectivity index (χ2v) is 6.45. The predicted molar refractivity (Wildman–Crippen MR) is 82.6 cm³/mol. The number of aliphatic hydroxyl groups is 1. The van der Waals surface area contributed by atoms with Gasteiger partial charge in [0.2, 0.25) is 0 Å². The lowest BCUT2D eigenvalue weighted by Gasteiger charge is -2.22. The summed E-state index contributed by atoms with van der Waals surface area (Å²) in [6, 6.07) is 3.59. The Morgan fingerprint density at radius 2 is 2.15 bits per heavy atom. The van der Waals surface area contributed by atoms with Crippen LogP contribution in [0.3, 0.4) is 0 Å². The molecule has 5 nitrogen and oxygen atoms in total. The number of ether oxygens (including phenoxy) is 1. The molecule has 0 amide bonds. The molecular formula is C13H18ClN3O2S. The lowest BCUT2D eigenvalue weighted by molar-refractivity contribution is -0.0449. The molecule has 1 atom stereocenters. The summed E-state index contributed by atoms with van der Waals surface area (Å²) in [7, 11) is 0. The summed E-state index contributed by atoms with van der Waals surface area (Å²) < 4.78 is 13.9. The summed E-state index contributed by atoms with van der Waals surface area (Å²) >= 11 is 7.29. The summed E-state index contributed by atoms with van der Waals surface area (Å²) in [4.78, 5) is 0. The molecule has 0 saturated heterocycles. The highest BCUT2D eigenvalue weighted by molar-refractivity contribution is 7.00. The Morgan fingerprint density at radius 1 is 1.40 bits per heavy atom. The Hall–Kier alpha value is -0.950. The van der Waals surface area contributed by atoms with Gasteiger partial charge in [0.15, 0.2) is 0 Å². The van der Waals surface area contributed by atoms with E-state index < -0.39 is 6.10 Å². The fourth-order valence-electron chi connectivity index (χ4n) is 1.62. The Bertz CT molecular complexity index is 582. The number of aromatic nitrogens is 2. The van der Waals surface area contributed by atoms with E-state index in [0.29, 0.717) is 17.3 Å². The summed E-state index contributed by atoms with van der Waals surface area (Å²) in [5.74, 6) is 0. The molecule has 0 saturated carbocycles. The Morgan fingerprint density at radius 3 is 2.85 bits per heavy atom. The molecule has 0 aliphatic carbocycles. The molecule has 0 bridgehead atoms. The monoisotopic (exact) mass is 315 g/mol. The summed E-state index contributed by atoms with van der Waals surface area (Å²) in [5, 5.41) is 13.6. The van der Waals surface area contributed by atoms with E-state index in [-0.39, 0.29) is 12.2 Å². The first-order valence-corrected chi connectivity index (χ1v) is 7.44. The number of fused-ring (bicyclic) bond motifs is 1. The van der Waals surface area contributed by atoms with Gasteiger partial charge in [-0.3, -0.25) is 0 Å². The van der Waals surface area contributed by atoms with E-state index in [2.05, 4.69) is 14.1 Å². The molecule has 2 N–H and O–H groups in total. The highest BCUT2D eigenvalue weighted by Gasteiger charge is 2.15. The molecule has 1 aromatic heterocycles. The van der Waals surface area contributed by atoms with Gasteiger partial charge >= 0.3 is 0 Å². The van der Waals surface area contributed by atoms with Crippen LogP contribution in [0.15, 0.2) is 12.1 Å². The lowest BCUT2D eigenvalue weighted by Crippen LogP contribution is -2.30. The van der Waals surface area contributed by atoms with Crippen molar-refractivity contribution in [1.29, 1.82) is 0 Å². The average molecular weight is 316 g/mol. The van der Waals surface area contributed by atoms with E-state index in [0.717, 1.165) is 22.8 Å². The van der Waals surface area contributed by atoms with Crippen LogP contribution in [0.1, 0.15) is 20.8 Å². The maximum absolute atomic E-state index is 9.92. The first kappa shape index (κ1) is 15.4. The normalized spacial score (nSPS) is 13.7. The standard InChI is InChI=1S/C13H18ClN3O2S/c1-13(2,3)19-7-8(18)6-15-11-9(14)4-5-10-12(11)17-20-16-10/h4-5,8,15,18H,6-7H2,1-3H3. The van der Waals surface area contributed by atoms with Gasteiger partial charge in [-0.2, -0.15) is 8.75 Å². The third-order valence-corrected chi connectivity index (χ3v) is 3.46. The molecule has 20 heavy (non-hydrogen) atoms. The van der Waals surface area contributed by atoms with Gasteiger partial charge in [0.05, 0.1) is 40.8 Å². The van der Waals surface area contributed by atoms with Crippen molar-refractivity contribution in [2.45, 2.75) is 32.5 Å². The van der Waals surface area contributed by atoms with E-state index in [1.807, 2.05) is 26.8 Å². The molecule has 2 rings (SSSR count). The molecule has 7 heteroatoms. The molecule has 1 unspecified atom stereocenters. The van der Waals surface area contributed by atoms with Crippen LogP contribution >= 0.6 is 23.3 Å². The van der Waals surface area contributed by atoms with Crippen molar-refractivity contribution in [2.24, 2.45) is 0 Å². The number of benzene rings is 1. The second-order valence-electron chi connectivity index (χ2n) is 5.51. The lowest BCUT2D eigenvalue weighted by atomic mass is 10.2. The van der Waals surface area contributed by atoms with Gasteiger partial charge in [0.1, 0.15) is 11.0 Å². The summed E-state index contributed by atoms with van der Waals surface area (Å²) in [6.45, 7) is 6.45. The van der Waals surface area contributed by atoms with Crippen LogP contribution in [-0.2, 0) is 4.74 Å². The number of nitrogens with one attached hydrogen (secondary N) is 1. The number of aliphatic hydroxyl groups excluding tert-OH is 1. The fourth-order valence-corrected chi connectivity index (χ4v) is 2.38. The van der Waals surface area contributed by atoms with Crippen molar-refractivity contribution < 1.29 is 9.84 Å². The summed E-state index contributed by atoms with van der Waals surface area (Å²) in [5.41, 5.74) is 1.96. The molecule has 1 aromatic carbocycles. The van der Waals surface area contributed by atoms with Crippen LogP contribution < -0.4 is 5.32 Å². The molecule has 110 valence electrons. The van der Waals surface area contributed by atoms with E-state index in [1.165, 1.54) is 0 Å². The van der Waals surface area contributed by atoms with Gasteiger partial charge in [0.25, 0.3) is 0 Å². The molecule has 0 aliphatic heterocycles. The zero-order chi connectivity index (χ0) is 14.8. The highest BCUT2D eigenvalue weighted by atomic mass is 35.5. The minimum Gasteiger partial charge on any atom is -0.389 e. The molecular weight excluding hydrogens is 298 g/mol.